The molecule has 1 saturated heterocycles. The Morgan fingerprint density at radius 1 is 1.06 bits per heavy atom. The van der Waals surface area contributed by atoms with Gasteiger partial charge in [0.05, 0.1) is 16.6 Å². The van der Waals surface area contributed by atoms with Gasteiger partial charge in [0.2, 0.25) is 0 Å². The number of thiazole rings is 1. The van der Waals surface area contributed by atoms with Gasteiger partial charge in [-0.25, -0.2) is 0 Å². The van der Waals surface area contributed by atoms with Crippen LogP contribution in [0.2, 0.25) is 0 Å². The summed E-state index contributed by atoms with van der Waals surface area (Å²) in [6, 6.07) is 7.86. The Morgan fingerprint density at radius 3 is 2.44 bits per heavy atom. The summed E-state index contributed by atoms with van der Waals surface area (Å²) in [6.45, 7) is 9.04. The number of nitrogens with zero attached hydrogens (tertiary/aromatic N) is 5. The number of phenolic OH excluding ortho intramolecular Hbond substituents is 1. The van der Waals surface area contributed by atoms with Crippen LogP contribution < -0.4 is 10.2 Å². The van der Waals surface area contributed by atoms with Crippen LogP contribution in [0.1, 0.15) is 40.5 Å². The first-order valence-electron chi connectivity index (χ1n) is 11.1. The van der Waals surface area contributed by atoms with E-state index in [2.05, 4.69) is 65.4 Å². The predicted octanol–water partition coefficient (Wildman–Crippen LogP) is 5.02. The van der Waals surface area contributed by atoms with Crippen molar-refractivity contribution < 1.29 is 5.11 Å². The van der Waals surface area contributed by atoms with E-state index in [0.717, 1.165) is 33.8 Å². The van der Waals surface area contributed by atoms with Crippen LogP contribution >= 0.6 is 23.7 Å². The van der Waals surface area contributed by atoms with Crippen LogP contribution in [0.4, 0.5) is 5.13 Å². The maximum Gasteiger partial charge on any atom is 0.194 e. The molecule has 8 nitrogen and oxygen atoms in total. The van der Waals surface area contributed by atoms with E-state index in [1.807, 2.05) is 18.2 Å². The Labute approximate surface area is 209 Å². The van der Waals surface area contributed by atoms with Crippen LogP contribution in [-0.4, -0.2) is 54.7 Å². The molecule has 0 saturated carbocycles. The van der Waals surface area contributed by atoms with Crippen LogP contribution in [0, 0.1) is 0 Å². The number of aromatic amines is 1. The monoisotopic (exact) mass is 499 g/mol. The molecule has 1 aromatic carbocycles. The molecule has 3 aromatic heterocycles. The summed E-state index contributed by atoms with van der Waals surface area (Å²) in [5.41, 5.74) is 3.82. The Hall–Kier alpha value is -2.75. The molecule has 0 radical (unpaired) electrons. The van der Waals surface area contributed by atoms with Crippen molar-refractivity contribution in [3.63, 3.8) is 0 Å². The lowest BCUT2D eigenvalue weighted by Crippen LogP contribution is -2.61. The number of fused-ring (bicyclic) bond motifs is 1. The SMILES string of the molecule is CN(c1nc2nnc(-c3ccc(-c4cn[nH]c4)cc3O)cc2s1)C1CC(C)(C)NC(C)(C)C1.Cl. The van der Waals surface area contributed by atoms with Crippen LogP contribution in [0.15, 0.2) is 36.7 Å². The molecule has 0 unspecified atom stereocenters. The molecule has 34 heavy (non-hydrogen) atoms. The number of halogens is 1. The van der Waals surface area contributed by atoms with Gasteiger partial charge in [-0.2, -0.15) is 10.1 Å². The lowest BCUT2D eigenvalue weighted by atomic mass is 9.79. The number of H-pyrrole nitrogens is 1. The van der Waals surface area contributed by atoms with Gasteiger partial charge in [0, 0.05) is 41.5 Å². The first-order chi connectivity index (χ1) is 15.6. The first-order valence-corrected chi connectivity index (χ1v) is 11.9. The summed E-state index contributed by atoms with van der Waals surface area (Å²) in [6.07, 6.45) is 5.59. The van der Waals surface area contributed by atoms with Gasteiger partial charge in [0.15, 0.2) is 10.8 Å². The minimum Gasteiger partial charge on any atom is -0.507 e. The van der Waals surface area contributed by atoms with Gasteiger partial charge in [-0.1, -0.05) is 17.4 Å². The average molecular weight is 500 g/mol. The van der Waals surface area contributed by atoms with E-state index in [1.54, 1.807) is 29.8 Å². The Morgan fingerprint density at radius 2 is 1.79 bits per heavy atom. The summed E-state index contributed by atoms with van der Waals surface area (Å²) in [5, 5.41) is 30.8. The fourth-order valence-electron chi connectivity index (χ4n) is 5.05. The van der Waals surface area contributed by atoms with Crippen molar-refractivity contribution in [3.8, 4) is 28.1 Å². The Balaban J connectivity index is 0.00000274. The fourth-order valence-corrected chi connectivity index (χ4v) is 6.02. The van der Waals surface area contributed by atoms with Crippen molar-refractivity contribution in [1.29, 1.82) is 0 Å². The van der Waals surface area contributed by atoms with Crippen LogP contribution in [-0.2, 0) is 0 Å². The zero-order valence-electron chi connectivity index (χ0n) is 20.0. The third-order valence-electron chi connectivity index (χ3n) is 6.27. The van der Waals surface area contributed by atoms with Gasteiger partial charge in [-0.3, -0.25) is 5.10 Å². The maximum atomic E-state index is 10.7. The molecule has 5 rings (SSSR count). The molecule has 1 fully saturated rings. The van der Waals surface area contributed by atoms with Gasteiger partial charge in [-0.15, -0.1) is 22.6 Å². The summed E-state index contributed by atoms with van der Waals surface area (Å²) in [7, 11) is 2.12. The van der Waals surface area contributed by atoms with Gasteiger partial charge < -0.3 is 15.3 Å². The standard InChI is InChI=1S/C24H29N7OS.ClH/c1-23(2)10-16(11-24(3,4)30-23)31(5)22-27-21-20(33-22)9-18(28-29-21)17-7-6-14(8-19(17)32)15-12-25-26-13-15;/h6-9,12-13,16,30,32H,10-11H2,1-5H3,(H,25,26);1H. The molecular weight excluding hydrogens is 470 g/mol. The zero-order chi connectivity index (χ0) is 23.4. The van der Waals surface area contributed by atoms with E-state index in [0.29, 0.717) is 22.9 Å². The van der Waals surface area contributed by atoms with E-state index in [-0.39, 0.29) is 29.2 Å². The van der Waals surface area contributed by atoms with Crippen molar-refractivity contribution in [3.05, 3.63) is 36.7 Å². The highest BCUT2D eigenvalue weighted by Gasteiger charge is 2.39. The number of aromatic hydroxyl groups is 1. The molecule has 3 N–H and O–H groups in total. The zero-order valence-corrected chi connectivity index (χ0v) is 21.6. The van der Waals surface area contributed by atoms with Crippen molar-refractivity contribution in [2.45, 2.75) is 57.7 Å². The second-order valence-electron chi connectivity index (χ2n) is 10.2. The number of hydrogen-bond donors (Lipinski definition) is 3. The van der Waals surface area contributed by atoms with Crippen LogP contribution in [0.3, 0.4) is 0 Å². The Kier molecular flexibility index (Phi) is 6.30. The lowest BCUT2D eigenvalue weighted by Gasteiger charge is -2.48. The fraction of sp³-hybridized carbons (Fsp3) is 0.417. The number of rotatable bonds is 4. The van der Waals surface area contributed by atoms with Gasteiger partial charge >= 0.3 is 0 Å². The number of phenols is 1. The van der Waals surface area contributed by atoms with E-state index < -0.39 is 0 Å². The minimum absolute atomic E-state index is 0. The molecule has 1 aliphatic rings. The lowest BCUT2D eigenvalue weighted by molar-refractivity contribution is 0.161. The third kappa shape index (κ3) is 4.73. The molecule has 0 aliphatic carbocycles. The maximum absolute atomic E-state index is 10.7. The van der Waals surface area contributed by atoms with E-state index in [9.17, 15) is 5.11 Å². The average Bonchev–Trinajstić information content (AvgIpc) is 3.40. The Bertz CT molecular complexity index is 1290. The second-order valence-corrected chi connectivity index (χ2v) is 11.2. The van der Waals surface area contributed by atoms with E-state index in [1.165, 1.54) is 0 Å². The smallest absolute Gasteiger partial charge is 0.194 e. The number of nitrogens with one attached hydrogen (secondary N) is 2. The highest BCUT2D eigenvalue weighted by atomic mass is 35.5. The number of benzene rings is 1. The van der Waals surface area contributed by atoms with Gasteiger partial charge in [0.1, 0.15) is 5.75 Å². The van der Waals surface area contributed by atoms with Crippen molar-refractivity contribution in [1.82, 2.24) is 30.7 Å². The number of piperidine rings is 1. The normalized spacial score (nSPS) is 17.4. The number of anilines is 1. The van der Waals surface area contributed by atoms with Crippen molar-refractivity contribution in [2.75, 3.05) is 11.9 Å². The van der Waals surface area contributed by atoms with E-state index >= 15 is 0 Å². The molecular formula is C24H30ClN7OS. The summed E-state index contributed by atoms with van der Waals surface area (Å²) >= 11 is 1.61. The molecule has 4 heterocycles. The second kappa shape index (κ2) is 8.79. The molecule has 0 spiro atoms. The molecule has 0 bridgehead atoms. The van der Waals surface area contributed by atoms with Crippen LogP contribution in [0.25, 0.3) is 32.7 Å². The van der Waals surface area contributed by atoms with Crippen LogP contribution in [0.5, 0.6) is 5.75 Å². The topological polar surface area (TPSA) is 103 Å². The molecule has 0 amide bonds. The van der Waals surface area contributed by atoms with Gasteiger partial charge in [0.25, 0.3) is 0 Å². The van der Waals surface area contributed by atoms with E-state index in [4.69, 9.17) is 4.98 Å². The highest BCUT2D eigenvalue weighted by Crippen LogP contribution is 2.37. The quantitative estimate of drug-likeness (QED) is 0.362. The predicted molar refractivity (Wildman–Crippen MR) is 140 cm³/mol. The molecule has 10 heteroatoms. The molecule has 1 aliphatic heterocycles. The van der Waals surface area contributed by atoms with Crippen molar-refractivity contribution >= 4 is 39.2 Å². The molecule has 0 atom stereocenters. The minimum atomic E-state index is 0. The molecule has 4 aromatic rings. The summed E-state index contributed by atoms with van der Waals surface area (Å²) in [5.74, 6) is 0.156. The summed E-state index contributed by atoms with van der Waals surface area (Å²) < 4.78 is 0.951. The third-order valence-corrected chi connectivity index (χ3v) is 7.35. The van der Waals surface area contributed by atoms with Gasteiger partial charge in [-0.05, 0) is 64.3 Å². The summed E-state index contributed by atoms with van der Waals surface area (Å²) in [4.78, 5) is 7.05. The largest absolute Gasteiger partial charge is 0.507 e. The highest BCUT2D eigenvalue weighted by molar-refractivity contribution is 7.22. The molecule has 180 valence electrons. The first kappa shape index (κ1) is 24.4. The van der Waals surface area contributed by atoms with Crippen molar-refractivity contribution in [2.24, 2.45) is 0 Å². The number of hydrogen-bond acceptors (Lipinski definition) is 8. The number of aromatic nitrogens is 5.